The van der Waals surface area contributed by atoms with Crippen molar-refractivity contribution >= 4 is 0 Å². The normalized spacial score (nSPS) is 13.1. The average Bonchev–Trinajstić information content (AvgIpc) is 2.56. The number of ether oxygens (including phenoxy) is 1. The summed E-state index contributed by atoms with van der Waals surface area (Å²) in [5, 5.41) is 22.1. The van der Waals surface area contributed by atoms with Gasteiger partial charge in [0.1, 0.15) is 11.8 Å². The number of hydrogen-bond donors (Lipinski definition) is 2. The molecule has 0 aliphatic carbocycles. The van der Waals surface area contributed by atoms with Crippen molar-refractivity contribution < 1.29 is 9.84 Å². The van der Waals surface area contributed by atoms with Gasteiger partial charge in [0.15, 0.2) is 6.10 Å². The molecule has 2 unspecified atom stereocenters. The van der Waals surface area contributed by atoms with E-state index in [2.05, 4.69) is 5.32 Å². The molecular weight excluding hydrogens is 288 g/mol. The number of nitrogens with zero attached hydrogens (tertiary/aromatic N) is 1. The predicted molar refractivity (Wildman–Crippen MR) is 90.0 cm³/mol. The van der Waals surface area contributed by atoms with Crippen LogP contribution in [-0.4, -0.2) is 17.8 Å². The molecule has 0 aliphatic heterocycles. The first-order chi connectivity index (χ1) is 11.1. The van der Waals surface area contributed by atoms with Crippen molar-refractivity contribution in [1.29, 1.82) is 5.26 Å². The molecule has 2 aromatic rings. The van der Waals surface area contributed by atoms with Crippen LogP contribution in [-0.2, 0) is 6.54 Å². The van der Waals surface area contributed by atoms with E-state index in [-0.39, 0.29) is 0 Å². The first-order valence-electron chi connectivity index (χ1n) is 7.69. The van der Waals surface area contributed by atoms with Crippen LogP contribution < -0.4 is 10.1 Å². The predicted octanol–water partition coefficient (Wildman–Crippen LogP) is 3.11. The quantitative estimate of drug-likeness (QED) is 0.824. The summed E-state index contributed by atoms with van der Waals surface area (Å²) in [6.45, 7) is 4.88. The van der Waals surface area contributed by atoms with Crippen molar-refractivity contribution in [3.05, 3.63) is 65.2 Å². The lowest BCUT2D eigenvalue weighted by atomic mass is 10.1. The lowest BCUT2D eigenvalue weighted by Crippen LogP contribution is -2.21. The second-order valence-corrected chi connectivity index (χ2v) is 5.59. The van der Waals surface area contributed by atoms with Crippen LogP contribution in [0.2, 0.25) is 0 Å². The molecule has 0 amide bonds. The fraction of sp³-hybridized carbons (Fsp3) is 0.316. The fourth-order valence-electron chi connectivity index (χ4n) is 2.26. The molecule has 120 valence electrons. The molecule has 0 saturated carbocycles. The largest absolute Gasteiger partial charge is 0.476 e. The lowest BCUT2D eigenvalue weighted by Gasteiger charge is -2.13. The van der Waals surface area contributed by atoms with E-state index in [0.717, 1.165) is 16.7 Å². The Bertz CT molecular complexity index is 662. The summed E-state index contributed by atoms with van der Waals surface area (Å²) in [4.78, 5) is 0. The van der Waals surface area contributed by atoms with Crippen LogP contribution in [0.3, 0.4) is 0 Å². The van der Waals surface area contributed by atoms with Crippen LogP contribution in [0, 0.1) is 18.3 Å². The second-order valence-electron chi connectivity index (χ2n) is 5.59. The van der Waals surface area contributed by atoms with E-state index in [9.17, 15) is 5.11 Å². The number of nitrogens with one attached hydrogen (secondary N) is 1. The van der Waals surface area contributed by atoms with Crippen LogP contribution in [0.4, 0.5) is 0 Å². The highest BCUT2D eigenvalue weighted by atomic mass is 16.5. The zero-order valence-corrected chi connectivity index (χ0v) is 13.5. The molecule has 0 radical (unpaired) electrons. The standard InChI is InChI=1S/C19H22N2O2/c1-14-4-3-5-17(10-14)19(22)13-21-12-16-6-8-18(9-7-16)23-15(2)11-20/h3-10,15,19,21-22H,12-13H2,1-2H3. The maximum absolute atomic E-state index is 10.2. The highest BCUT2D eigenvalue weighted by Gasteiger charge is 2.07. The van der Waals surface area contributed by atoms with Crippen LogP contribution in [0.25, 0.3) is 0 Å². The molecular formula is C19H22N2O2. The summed E-state index contributed by atoms with van der Waals surface area (Å²) in [7, 11) is 0. The van der Waals surface area contributed by atoms with Crippen molar-refractivity contribution in [3.63, 3.8) is 0 Å². The van der Waals surface area contributed by atoms with Crippen LogP contribution >= 0.6 is 0 Å². The van der Waals surface area contributed by atoms with Gasteiger partial charge in [0.2, 0.25) is 0 Å². The number of nitriles is 1. The molecule has 0 saturated heterocycles. The molecule has 23 heavy (non-hydrogen) atoms. The Hall–Kier alpha value is -2.35. The summed E-state index contributed by atoms with van der Waals surface area (Å²) in [6, 6.07) is 17.5. The van der Waals surface area contributed by atoms with E-state index in [1.807, 2.05) is 61.5 Å². The third kappa shape index (κ3) is 5.41. The first kappa shape index (κ1) is 17.0. The Kier molecular flexibility index (Phi) is 6.16. The Morgan fingerprint density at radius 3 is 2.61 bits per heavy atom. The van der Waals surface area contributed by atoms with Gasteiger partial charge < -0.3 is 15.2 Å². The van der Waals surface area contributed by atoms with Gasteiger partial charge in [-0.25, -0.2) is 0 Å². The number of benzene rings is 2. The SMILES string of the molecule is Cc1cccc(C(O)CNCc2ccc(OC(C)C#N)cc2)c1. The molecule has 0 fully saturated rings. The van der Waals surface area contributed by atoms with Gasteiger partial charge in [-0.3, -0.25) is 0 Å². The highest BCUT2D eigenvalue weighted by Crippen LogP contribution is 2.15. The summed E-state index contributed by atoms with van der Waals surface area (Å²) in [6.07, 6.45) is -0.975. The highest BCUT2D eigenvalue weighted by molar-refractivity contribution is 5.28. The molecule has 0 aliphatic rings. The number of aliphatic hydroxyl groups is 1. The Balaban J connectivity index is 1.81. The minimum Gasteiger partial charge on any atom is -0.476 e. The van der Waals surface area contributed by atoms with E-state index < -0.39 is 12.2 Å². The van der Waals surface area contributed by atoms with Crippen molar-refractivity contribution in [3.8, 4) is 11.8 Å². The van der Waals surface area contributed by atoms with Gasteiger partial charge in [0.05, 0.1) is 6.10 Å². The van der Waals surface area contributed by atoms with Gasteiger partial charge in [-0.1, -0.05) is 42.0 Å². The fourth-order valence-corrected chi connectivity index (χ4v) is 2.26. The van der Waals surface area contributed by atoms with Gasteiger partial charge in [0, 0.05) is 13.1 Å². The molecule has 0 spiro atoms. The minimum atomic E-state index is -0.519. The molecule has 2 atom stereocenters. The molecule has 4 nitrogen and oxygen atoms in total. The second kappa shape index (κ2) is 8.33. The average molecular weight is 310 g/mol. The number of hydrogen-bond acceptors (Lipinski definition) is 4. The zero-order chi connectivity index (χ0) is 16.7. The monoisotopic (exact) mass is 310 g/mol. The molecule has 0 aromatic heterocycles. The van der Waals surface area contributed by atoms with Crippen molar-refractivity contribution in [2.24, 2.45) is 0 Å². The molecule has 2 aromatic carbocycles. The summed E-state index contributed by atoms with van der Waals surface area (Å²) < 4.78 is 5.41. The number of aryl methyl sites for hydroxylation is 1. The third-order valence-corrected chi connectivity index (χ3v) is 3.51. The van der Waals surface area contributed by atoms with Crippen LogP contribution in [0.15, 0.2) is 48.5 Å². The maximum atomic E-state index is 10.2. The van der Waals surface area contributed by atoms with Crippen LogP contribution in [0.1, 0.15) is 29.7 Å². The van der Waals surface area contributed by atoms with Gasteiger partial charge >= 0.3 is 0 Å². The molecule has 0 heterocycles. The van der Waals surface area contributed by atoms with E-state index >= 15 is 0 Å². The van der Waals surface area contributed by atoms with Gasteiger partial charge in [-0.15, -0.1) is 0 Å². The molecule has 4 heteroatoms. The van der Waals surface area contributed by atoms with E-state index in [4.69, 9.17) is 10.00 Å². The van der Waals surface area contributed by atoms with Crippen molar-refractivity contribution in [2.45, 2.75) is 32.6 Å². The summed E-state index contributed by atoms with van der Waals surface area (Å²) in [5.41, 5.74) is 3.16. The molecule has 2 rings (SSSR count). The molecule has 0 bridgehead atoms. The zero-order valence-electron chi connectivity index (χ0n) is 13.5. The summed E-state index contributed by atoms with van der Waals surface area (Å²) in [5.74, 6) is 0.683. The Labute approximate surface area is 137 Å². The van der Waals surface area contributed by atoms with Gasteiger partial charge in [0.25, 0.3) is 0 Å². The maximum Gasteiger partial charge on any atom is 0.181 e. The number of aliphatic hydroxyl groups excluding tert-OH is 1. The number of rotatable bonds is 7. The van der Waals surface area contributed by atoms with Gasteiger partial charge in [-0.2, -0.15) is 5.26 Å². The first-order valence-corrected chi connectivity index (χ1v) is 7.69. The summed E-state index contributed by atoms with van der Waals surface area (Å²) >= 11 is 0. The Morgan fingerprint density at radius 2 is 1.96 bits per heavy atom. The van der Waals surface area contributed by atoms with E-state index in [0.29, 0.717) is 18.8 Å². The topological polar surface area (TPSA) is 65.3 Å². The lowest BCUT2D eigenvalue weighted by molar-refractivity contribution is 0.174. The Morgan fingerprint density at radius 1 is 1.22 bits per heavy atom. The van der Waals surface area contributed by atoms with Crippen LogP contribution in [0.5, 0.6) is 5.75 Å². The minimum absolute atomic E-state index is 0.455. The van der Waals surface area contributed by atoms with E-state index in [1.54, 1.807) is 6.92 Å². The van der Waals surface area contributed by atoms with Gasteiger partial charge in [-0.05, 0) is 37.1 Å². The van der Waals surface area contributed by atoms with Crippen molar-refractivity contribution in [1.82, 2.24) is 5.32 Å². The van der Waals surface area contributed by atoms with Crippen molar-refractivity contribution in [2.75, 3.05) is 6.54 Å². The van der Waals surface area contributed by atoms with E-state index in [1.165, 1.54) is 0 Å². The third-order valence-electron chi connectivity index (χ3n) is 3.51. The molecule has 2 N–H and O–H groups in total. The smallest absolute Gasteiger partial charge is 0.181 e.